The molecule has 0 aliphatic heterocycles. The van der Waals surface area contributed by atoms with E-state index in [0.717, 1.165) is 24.1 Å². The molecule has 2 aromatic carbocycles. The van der Waals surface area contributed by atoms with Gasteiger partial charge in [0.2, 0.25) is 10.0 Å². The molecule has 116 valence electrons. The zero-order valence-corrected chi connectivity index (χ0v) is 13.3. The molecule has 1 atom stereocenters. The number of anilines is 2. The summed E-state index contributed by atoms with van der Waals surface area (Å²) in [6.07, 6.45) is 1.51. The van der Waals surface area contributed by atoms with Crippen LogP contribution in [0.4, 0.5) is 11.4 Å². The van der Waals surface area contributed by atoms with E-state index in [1.54, 1.807) is 6.07 Å². The van der Waals surface area contributed by atoms with Crippen LogP contribution in [0.1, 0.15) is 31.4 Å². The second-order valence-electron chi connectivity index (χ2n) is 5.67. The van der Waals surface area contributed by atoms with Gasteiger partial charge in [-0.3, -0.25) is 4.72 Å². The summed E-state index contributed by atoms with van der Waals surface area (Å²) in [6.45, 7) is 2.06. The van der Waals surface area contributed by atoms with E-state index in [0.29, 0.717) is 5.69 Å². The molecule has 1 aliphatic carbocycles. The lowest BCUT2D eigenvalue weighted by Crippen LogP contribution is -2.18. The first kappa shape index (κ1) is 14.9. The maximum Gasteiger partial charge on any atom is 0.235 e. The molecular formula is C17H20N2O2S. The molecule has 3 rings (SSSR count). The average molecular weight is 316 g/mol. The van der Waals surface area contributed by atoms with Crippen LogP contribution in [0.25, 0.3) is 0 Å². The number of sulfonamides is 1. The van der Waals surface area contributed by atoms with E-state index in [2.05, 4.69) is 29.1 Å². The highest BCUT2D eigenvalue weighted by Gasteiger charge is 2.36. The van der Waals surface area contributed by atoms with Crippen molar-refractivity contribution in [1.82, 2.24) is 0 Å². The van der Waals surface area contributed by atoms with Gasteiger partial charge < -0.3 is 5.32 Å². The van der Waals surface area contributed by atoms with Crippen LogP contribution in [0, 0.1) is 0 Å². The van der Waals surface area contributed by atoms with Crippen LogP contribution in [-0.2, 0) is 10.0 Å². The van der Waals surface area contributed by atoms with E-state index in [9.17, 15) is 8.42 Å². The molecule has 0 saturated heterocycles. The zero-order valence-electron chi connectivity index (χ0n) is 12.5. The normalized spacial score (nSPS) is 16.0. The van der Waals surface area contributed by atoms with Crippen LogP contribution in [0.15, 0.2) is 54.6 Å². The summed E-state index contributed by atoms with van der Waals surface area (Å²) in [5.41, 5.74) is 2.56. The highest BCUT2D eigenvalue weighted by molar-refractivity contribution is 7.93. The van der Waals surface area contributed by atoms with Crippen molar-refractivity contribution >= 4 is 21.4 Å². The third-order valence-corrected chi connectivity index (χ3v) is 5.67. The van der Waals surface area contributed by atoms with Gasteiger partial charge in [-0.25, -0.2) is 8.42 Å². The predicted molar refractivity (Wildman–Crippen MR) is 90.5 cm³/mol. The molecule has 2 aromatic rings. The van der Waals surface area contributed by atoms with Gasteiger partial charge in [0.1, 0.15) is 0 Å². The largest absolute Gasteiger partial charge is 0.377 e. The molecule has 0 aromatic heterocycles. The fraction of sp³-hybridized carbons (Fsp3) is 0.294. The Morgan fingerprint density at radius 1 is 0.955 bits per heavy atom. The van der Waals surface area contributed by atoms with Gasteiger partial charge in [0, 0.05) is 6.04 Å². The molecule has 5 heteroatoms. The van der Waals surface area contributed by atoms with Crippen LogP contribution in [0.2, 0.25) is 0 Å². The second kappa shape index (κ2) is 6.01. The van der Waals surface area contributed by atoms with Gasteiger partial charge in [-0.1, -0.05) is 42.5 Å². The summed E-state index contributed by atoms with van der Waals surface area (Å²) in [5.74, 6) is 0. The van der Waals surface area contributed by atoms with Crippen molar-refractivity contribution in [2.45, 2.75) is 31.1 Å². The topological polar surface area (TPSA) is 58.2 Å². The van der Waals surface area contributed by atoms with Crippen molar-refractivity contribution in [2.75, 3.05) is 10.0 Å². The minimum absolute atomic E-state index is 0.0905. The van der Waals surface area contributed by atoms with Crippen molar-refractivity contribution in [3.63, 3.8) is 0 Å². The number of para-hydroxylation sites is 2. The first-order valence-electron chi connectivity index (χ1n) is 7.48. The molecule has 1 saturated carbocycles. The smallest absolute Gasteiger partial charge is 0.235 e. The molecule has 0 spiro atoms. The Labute approximate surface area is 131 Å². The Hall–Kier alpha value is -2.01. The lowest BCUT2D eigenvalue weighted by molar-refractivity contribution is 0.600. The van der Waals surface area contributed by atoms with Gasteiger partial charge >= 0.3 is 0 Å². The number of hydrogen-bond donors (Lipinski definition) is 2. The monoisotopic (exact) mass is 316 g/mol. The molecule has 22 heavy (non-hydrogen) atoms. The van der Waals surface area contributed by atoms with E-state index in [1.807, 2.05) is 36.4 Å². The third-order valence-electron chi connectivity index (χ3n) is 3.81. The van der Waals surface area contributed by atoms with Gasteiger partial charge in [0.25, 0.3) is 0 Å². The van der Waals surface area contributed by atoms with E-state index >= 15 is 0 Å². The number of nitrogens with one attached hydrogen (secondary N) is 2. The average Bonchev–Trinajstić information content (AvgIpc) is 3.35. The fourth-order valence-corrected chi connectivity index (χ4v) is 3.78. The Bertz CT molecular complexity index is 740. The highest BCUT2D eigenvalue weighted by atomic mass is 32.2. The molecule has 0 bridgehead atoms. The quantitative estimate of drug-likeness (QED) is 0.853. The maximum atomic E-state index is 12.1. The van der Waals surface area contributed by atoms with Crippen molar-refractivity contribution in [3.8, 4) is 0 Å². The molecule has 0 radical (unpaired) electrons. The van der Waals surface area contributed by atoms with Crippen LogP contribution in [0.3, 0.4) is 0 Å². The SMILES string of the molecule is C[C@@H](Nc1ccccc1NS(=O)(=O)C1CC1)c1ccccc1. The number of rotatable bonds is 6. The van der Waals surface area contributed by atoms with E-state index in [1.165, 1.54) is 0 Å². The van der Waals surface area contributed by atoms with Gasteiger partial charge in [0.15, 0.2) is 0 Å². The van der Waals surface area contributed by atoms with Crippen LogP contribution in [-0.4, -0.2) is 13.7 Å². The zero-order chi connectivity index (χ0) is 15.6. The first-order valence-corrected chi connectivity index (χ1v) is 9.03. The molecule has 0 amide bonds. The van der Waals surface area contributed by atoms with E-state index < -0.39 is 10.0 Å². The number of hydrogen-bond acceptors (Lipinski definition) is 3. The minimum atomic E-state index is -3.25. The van der Waals surface area contributed by atoms with Gasteiger partial charge in [-0.2, -0.15) is 0 Å². The van der Waals surface area contributed by atoms with E-state index in [4.69, 9.17) is 0 Å². The fourth-order valence-electron chi connectivity index (χ4n) is 2.37. The summed E-state index contributed by atoms with van der Waals surface area (Å²) >= 11 is 0. The molecular weight excluding hydrogens is 296 g/mol. The molecule has 0 unspecified atom stereocenters. The van der Waals surface area contributed by atoms with Crippen molar-refractivity contribution in [2.24, 2.45) is 0 Å². The Morgan fingerprint density at radius 2 is 1.55 bits per heavy atom. The van der Waals surface area contributed by atoms with Crippen LogP contribution >= 0.6 is 0 Å². The number of benzene rings is 2. The third kappa shape index (κ3) is 3.42. The second-order valence-corrected chi connectivity index (χ2v) is 7.63. The minimum Gasteiger partial charge on any atom is -0.377 e. The van der Waals surface area contributed by atoms with Crippen molar-refractivity contribution < 1.29 is 8.42 Å². The molecule has 0 heterocycles. The van der Waals surface area contributed by atoms with Crippen LogP contribution in [0.5, 0.6) is 0 Å². The van der Waals surface area contributed by atoms with Gasteiger partial charge in [-0.15, -0.1) is 0 Å². The standard InChI is InChI=1S/C17H20N2O2S/c1-13(14-7-3-2-4-8-14)18-16-9-5-6-10-17(16)19-22(20,21)15-11-12-15/h2-10,13,15,18-19H,11-12H2,1H3/t13-/m1/s1. The van der Waals surface area contributed by atoms with Crippen molar-refractivity contribution in [1.29, 1.82) is 0 Å². The van der Waals surface area contributed by atoms with Crippen molar-refractivity contribution in [3.05, 3.63) is 60.2 Å². The Kier molecular flexibility index (Phi) is 4.07. The molecule has 1 aliphatic rings. The highest BCUT2D eigenvalue weighted by Crippen LogP contribution is 2.32. The molecule has 2 N–H and O–H groups in total. The molecule has 1 fully saturated rings. The summed E-state index contributed by atoms with van der Waals surface area (Å²) in [4.78, 5) is 0. The lowest BCUT2D eigenvalue weighted by Gasteiger charge is -2.19. The first-order chi connectivity index (χ1) is 10.6. The maximum absolute atomic E-state index is 12.1. The Balaban J connectivity index is 1.79. The summed E-state index contributed by atoms with van der Waals surface area (Å²) in [6, 6.07) is 17.6. The predicted octanol–water partition coefficient (Wildman–Crippen LogP) is 3.76. The van der Waals surface area contributed by atoms with Gasteiger partial charge in [0.05, 0.1) is 16.6 Å². The van der Waals surface area contributed by atoms with E-state index in [-0.39, 0.29) is 11.3 Å². The lowest BCUT2D eigenvalue weighted by atomic mass is 10.1. The van der Waals surface area contributed by atoms with Gasteiger partial charge in [-0.05, 0) is 37.5 Å². The van der Waals surface area contributed by atoms with Crippen LogP contribution < -0.4 is 10.0 Å². The summed E-state index contributed by atoms with van der Waals surface area (Å²) < 4.78 is 27.0. The molecule has 4 nitrogen and oxygen atoms in total. The Morgan fingerprint density at radius 3 is 2.18 bits per heavy atom. The summed E-state index contributed by atoms with van der Waals surface area (Å²) in [7, 11) is -3.25. The summed E-state index contributed by atoms with van der Waals surface area (Å²) in [5, 5.41) is 3.15.